The molecule has 1 saturated heterocycles. The number of hydrogen-bond donors (Lipinski definition) is 1. The van der Waals surface area contributed by atoms with Crippen LogP contribution in [0, 0.1) is 11.6 Å². The number of likely N-dealkylation sites (tertiary alicyclic amines) is 1. The number of hydrogen-bond acceptors (Lipinski definition) is 3. The third kappa shape index (κ3) is 3.24. The van der Waals surface area contributed by atoms with Crippen molar-refractivity contribution in [1.82, 2.24) is 4.90 Å². The van der Waals surface area contributed by atoms with Crippen LogP contribution in [0.25, 0.3) is 11.1 Å². The minimum Gasteiger partial charge on any atom is -0.497 e. The molecule has 0 aromatic heterocycles. The summed E-state index contributed by atoms with van der Waals surface area (Å²) in [5.41, 5.74) is 0.222. The van der Waals surface area contributed by atoms with Gasteiger partial charge in [0.25, 0.3) is 5.91 Å². The molecule has 1 N–H and O–H groups in total. The van der Waals surface area contributed by atoms with Gasteiger partial charge in [-0.15, -0.1) is 0 Å². The number of nitrogens with zero attached hydrogens (tertiary/aromatic N) is 1. The first-order valence-corrected chi connectivity index (χ1v) is 8.09. The standard InChI is InChI=1S/C19H17F2NO4/c1-26-12-5-7-13(16(21)10-12)11-4-6-14(15(20)9-11)18(23)22-8-2-3-17(22)19(24)25/h4-7,9-10,17H,2-3,8H2,1H3,(H,24,25)/t17-/m1/s1. The van der Waals surface area contributed by atoms with Crippen molar-refractivity contribution < 1.29 is 28.2 Å². The first-order chi connectivity index (χ1) is 12.4. The first-order valence-electron chi connectivity index (χ1n) is 8.09. The van der Waals surface area contributed by atoms with Crippen molar-refractivity contribution in [3.8, 4) is 16.9 Å². The van der Waals surface area contributed by atoms with Crippen molar-refractivity contribution in [3.05, 3.63) is 53.6 Å². The normalized spacial score (nSPS) is 16.6. The van der Waals surface area contributed by atoms with Gasteiger partial charge in [0.1, 0.15) is 23.4 Å². The Bertz CT molecular complexity index is 869. The van der Waals surface area contributed by atoms with Gasteiger partial charge in [-0.1, -0.05) is 6.07 Å². The molecule has 0 bridgehead atoms. The van der Waals surface area contributed by atoms with Crippen molar-refractivity contribution in [1.29, 1.82) is 0 Å². The molecular weight excluding hydrogens is 344 g/mol. The van der Waals surface area contributed by atoms with E-state index in [1.54, 1.807) is 6.07 Å². The van der Waals surface area contributed by atoms with E-state index in [2.05, 4.69) is 0 Å². The lowest BCUT2D eigenvalue weighted by Gasteiger charge is -2.21. The second-order valence-electron chi connectivity index (χ2n) is 6.04. The molecule has 5 nitrogen and oxygen atoms in total. The highest BCUT2D eigenvalue weighted by Gasteiger charge is 2.35. The van der Waals surface area contributed by atoms with E-state index in [4.69, 9.17) is 4.74 Å². The minimum atomic E-state index is -1.10. The fraction of sp³-hybridized carbons (Fsp3) is 0.263. The summed E-state index contributed by atoms with van der Waals surface area (Å²) in [4.78, 5) is 24.9. The van der Waals surface area contributed by atoms with Gasteiger partial charge in [0.2, 0.25) is 0 Å². The number of carboxylic acid groups (broad SMARTS) is 1. The van der Waals surface area contributed by atoms with Crippen molar-refractivity contribution in [2.24, 2.45) is 0 Å². The molecule has 0 radical (unpaired) electrons. The van der Waals surface area contributed by atoms with Gasteiger partial charge in [-0.3, -0.25) is 4.79 Å². The van der Waals surface area contributed by atoms with Crippen LogP contribution in [0.2, 0.25) is 0 Å². The molecule has 0 aliphatic carbocycles. The summed E-state index contributed by atoms with van der Waals surface area (Å²) in [6.07, 6.45) is 0.900. The fourth-order valence-electron chi connectivity index (χ4n) is 3.13. The van der Waals surface area contributed by atoms with Crippen molar-refractivity contribution >= 4 is 11.9 Å². The van der Waals surface area contributed by atoms with Crippen molar-refractivity contribution in [3.63, 3.8) is 0 Å². The van der Waals surface area contributed by atoms with Crippen molar-refractivity contribution in [2.45, 2.75) is 18.9 Å². The highest BCUT2D eigenvalue weighted by Crippen LogP contribution is 2.29. The van der Waals surface area contributed by atoms with Crippen LogP contribution in [-0.2, 0) is 4.79 Å². The third-order valence-corrected chi connectivity index (χ3v) is 4.49. The van der Waals surface area contributed by atoms with Crippen LogP contribution in [0.4, 0.5) is 8.78 Å². The molecule has 1 heterocycles. The number of aliphatic carboxylic acids is 1. The van der Waals surface area contributed by atoms with Crippen LogP contribution >= 0.6 is 0 Å². The summed E-state index contributed by atoms with van der Waals surface area (Å²) in [6, 6.07) is 7.03. The Morgan fingerprint density at radius 3 is 2.54 bits per heavy atom. The predicted octanol–water partition coefficient (Wildman–Crippen LogP) is 3.33. The van der Waals surface area contributed by atoms with Gasteiger partial charge in [0.05, 0.1) is 12.7 Å². The Labute approximate surface area is 148 Å². The zero-order valence-electron chi connectivity index (χ0n) is 14.0. The van der Waals surface area contributed by atoms with Gasteiger partial charge in [-0.25, -0.2) is 13.6 Å². The van der Waals surface area contributed by atoms with E-state index < -0.39 is 29.6 Å². The maximum Gasteiger partial charge on any atom is 0.326 e. The van der Waals surface area contributed by atoms with E-state index in [1.807, 2.05) is 0 Å². The maximum atomic E-state index is 14.5. The Hall–Kier alpha value is -2.96. The topological polar surface area (TPSA) is 66.8 Å². The van der Waals surface area contributed by atoms with Gasteiger partial charge in [0.15, 0.2) is 0 Å². The number of benzene rings is 2. The molecule has 7 heteroatoms. The fourth-order valence-corrected chi connectivity index (χ4v) is 3.13. The van der Waals surface area contributed by atoms with Gasteiger partial charge in [0, 0.05) is 18.2 Å². The average molecular weight is 361 g/mol. The SMILES string of the molecule is COc1ccc(-c2ccc(C(=O)N3CCC[C@@H]3C(=O)O)c(F)c2)c(F)c1. The molecule has 0 unspecified atom stereocenters. The van der Waals surface area contributed by atoms with Gasteiger partial charge >= 0.3 is 5.97 Å². The molecule has 1 fully saturated rings. The van der Waals surface area contributed by atoms with Crippen LogP contribution in [0.3, 0.4) is 0 Å². The molecule has 1 aliphatic heterocycles. The highest BCUT2D eigenvalue weighted by molar-refractivity contribution is 5.97. The van der Waals surface area contributed by atoms with Crippen molar-refractivity contribution in [2.75, 3.05) is 13.7 Å². The first kappa shape index (κ1) is 17.8. The second-order valence-corrected chi connectivity index (χ2v) is 6.04. The van der Waals surface area contributed by atoms with Gasteiger partial charge in [-0.2, -0.15) is 0 Å². The Morgan fingerprint density at radius 2 is 1.92 bits per heavy atom. The summed E-state index contributed by atoms with van der Waals surface area (Å²) in [5.74, 6) is -2.83. The number of methoxy groups -OCH3 is 1. The Balaban J connectivity index is 1.90. The van der Waals surface area contributed by atoms with Crippen LogP contribution < -0.4 is 4.74 Å². The number of ether oxygens (including phenoxy) is 1. The summed E-state index contributed by atoms with van der Waals surface area (Å²) in [5, 5.41) is 9.18. The van der Waals surface area contributed by atoms with E-state index in [9.17, 15) is 23.5 Å². The lowest BCUT2D eigenvalue weighted by atomic mass is 10.0. The minimum absolute atomic E-state index is 0.174. The number of carbonyl (C=O) groups is 2. The molecule has 1 amide bonds. The molecular formula is C19H17F2NO4. The lowest BCUT2D eigenvalue weighted by molar-refractivity contribution is -0.141. The van der Waals surface area contributed by atoms with E-state index in [0.29, 0.717) is 18.6 Å². The molecule has 26 heavy (non-hydrogen) atoms. The molecule has 1 atom stereocenters. The van der Waals surface area contributed by atoms with Crippen LogP contribution in [0.1, 0.15) is 23.2 Å². The summed E-state index contributed by atoms with van der Waals surface area (Å²) in [7, 11) is 1.41. The summed E-state index contributed by atoms with van der Waals surface area (Å²) < 4.78 is 33.6. The van der Waals surface area contributed by atoms with Crippen LogP contribution in [0.15, 0.2) is 36.4 Å². The molecule has 0 saturated carbocycles. The molecule has 136 valence electrons. The van der Waals surface area contributed by atoms with Gasteiger partial charge < -0.3 is 14.7 Å². The smallest absolute Gasteiger partial charge is 0.326 e. The zero-order chi connectivity index (χ0) is 18.8. The van der Waals surface area contributed by atoms with E-state index in [-0.39, 0.29) is 23.2 Å². The quantitative estimate of drug-likeness (QED) is 0.907. The maximum absolute atomic E-state index is 14.5. The monoisotopic (exact) mass is 361 g/mol. The van der Waals surface area contributed by atoms with E-state index in [0.717, 1.165) is 11.0 Å². The summed E-state index contributed by atoms with van der Waals surface area (Å²) in [6.45, 7) is 0.268. The second kappa shape index (κ2) is 7.11. The number of halogens is 2. The number of rotatable bonds is 4. The molecule has 0 spiro atoms. The van der Waals surface area contributed by atoms with Crippen LogP contribution in [-0.4, -0.2) is 41.6 Å². The molecule has 2 aromatic carbocycles. The molecule has 2 aromatic rings. The third-order valence-electron chi connectivity index (χ3n) is 4.49. The number of carbonyl (C=O) groups excluding carboxylic acids is 1. The molecule has 1 aliphatic rings. The van der Waals surface area contributed by atoms with E-state index >= 15 is 0 Å². The Kier molecular flexibility index (Phi) is 4.88. The predicted molar refractivity (Wildman–Crippen MR) is 90.0 cm³/mol. The lowest BCUT2D eigenvalue weighted by Crippen LogP contribution is -2.40. The molecule has 3 rings (SSSR count). The average Bonchev–Trinajstić information content (AvgIpc) is 3.11. The highest BCUT2D eigenvalue weighted by atomic mass is 19.1. The number of carboxylic acids is 1. The van der Waals surface area contributed by atoms with Crippen LogP contribution in [0.5, 0.6) is 5.75 Å². The van der Waals surface area contributed by atoms with E-state index in [1.165, 1.54) is 31.4 Å². The largest absolute Gasteiger partial charge is 0.497 e. The summed E-state index contributed by atoms with van der Waals surface area (Å²) >= 11 is 0. The number of amides is 1. The Morgan fingerprint density at radius 1 is 1.15 bits per heavy atom. The van der Waals surface area contributed by atoms with Gasteiger partial charge in [-0.05, 0) is 42.7 Å². The zero-order valence-corrected chi connectivity index (χ0v) is 14.0.